The van der Waals surface area contributed by atoms with Crippen LogP contribution in [0.5, 0.6) is 0 Å². The van der Waals surface area contributed by atoms with Gasteiger partial charge in [-0.05, 0) is 0 Å². The van der Waals surface area contributed by atoms with Crippen molar-refractivity contribution in [1.82, 2.24) is 0 Å². The molecule has 0 unspecified atom stereocenters. The maximum absolute atomic E-state index is 10.3. The number of nitrogens with two attached hydrogens (primary N) is 1. The molecule has 0 fully saturated rings. The second-order valence-electron chi connectivity index (χ2n) is 2.06. The third-order valence-electron chi connectivity index (χ3n) is 1.33. The molecule has 11 heavy (non-hydrogen) atoms. The standard InChI is InChI=1S/C8H7N2O/c9-8(10)7-4-2-1-3-6(7)5-11/h1-4H,(H3,9,10). The maximum Gasteiger partial charge on any atom is 0.234 e. The van der Waals surface area contributed by atoms with Crippen LogP contribution in [0.15, 0.2) is 24.3 Å². The highest BCUT2D eigenvalue weighted by Gasteiger charge is 2.01. The van der Waals surface area contributed by atoms with Crippen molar-refractivity contribution in [2.75, 3.05) is 0 Å². The molecule has 0 aromatic heterocycles. The summed E-state index contributed by atoms with van der Waals surface area (Å²) in [6.07, 6.45) is 1.71. The SMILES string of the molecule is N=C(N)c1ccccc1[C]=O. The highest BCUT2D eigenvalue weighted by Crippen LogP contribution is 2.03. The molecule has 0 saturated heterocycles. The molecule has 1 aromatic rings. The Kier molecular flexibility index (Phi) is 2.01. The lowest BCUT2D eigenvalue weighted by atomic mass is 10.1. The first-order valence-electron chi connectivity index (χ1n) is 3.07. The molecule has 55 valence electrons. The van der Waals surface area contributed by atoms with Crippen molar-refractivity contribution in [3.05, 3.63) is 35.4 Å². The summed E-state index contributed by atoms with van der Waals surface area (Å²) in [7, 11) is 0. The molecule has 0 aliphatic carbocycles. The fourth-order valence-corrected chi connectivity index (χ4v) is 0.807. The zero-order chi connectivity index (χ0) is 8.27. The Morgan fingerprint density at radius 3 is 2.55 bits per heavy atom. The molecule has 1 radical (unpaired) electrons. The van der Waals surface area contributed by atoms with Gasteiger partial charge in [0.1, 0.15) is 5.84 Å². The van der Waals surface area contributed by atoms with Crippen LogP contribution in [-0.4, -0.2) is 12.1 Å². The average Bonchev–Trinajstić information content (AvgIpc) is 2.04. The zero-order valence-electron chi connectivity index (χ0n) is 5.79. The average molecular weight is 147 g/mol. The largest absolute Gasteiger partial charge is 0.384 e. The van der Waals surface area contributed by atoms with Gasteiger partial charge in [0.25, 0.3) is 0 Å². The van der Waals surface area contributed by atoms with Crippen LogP contribution in [0.25, 0.3) is 0 Å². The molecule has 3 nitrogen and oxygen atoms in total. The van der Waals surface area contributed by atoms with Crippen molar-refractivity contribution in [3.8, 4) is 0 Å². The molecular weight excluding hydrogens is 140 g/mol. The summed E-state index contributed by atoms with van der Waals surface area (Å²) in [4.78, 5) is 10.3. The number of hydrogen-bond donors (Lipinski definition) is 2. The van der Waals surface area contributed by atoms with Gasteiger partial charge in [0.05, 0.1) is 0 Å². The first-order valence-corrected chi connectivity index (χ1v) is 3.07. The van der Waals surface area contributed by atoms with Gasteiger partial charge in [0.2, 0.25) is 6.29 Å². The van der Waals surface area contributed by atoms with Gasteiger partial charge in [0, 0.05) is 11.1 Å². The van der Waals surface area contributed by atoms with Crippen molar-refractivity contribution in [3.63, 3.8) is 0 Å². The normalized spacial score (nSPS) is 9.09. The van der Waals surface area contributed by atoms with Crippen LogP contribution in [-0.2, 0) is 4.79 Å². The number of benzene rings is 1. The van der Waals surface area contributed by atoms with Gasteiger partial charge in [-0.3, -0.25) is 10.2 Å². The molecular formula is C8H7N2O. The predicted octanol–water partition coefficient (Wildman–Crippen LogP) is 0.428. The summed E-state index contributed by atoms with van der Waals surface area (Å²) < 4.78 is 0. The van der Waals surface area contributed by atoms with Gasteiger partial charge in [-0.25, -0.2) is 0 Å². The molecule has 0 aliphatic heterocycles. The zero-order valence-corrected chi connectivity index (χ0v) is 5.79. The summed E-state index contributed by atoms with van der Waals surface area (Å²) in [5.74, 6) is -0.107. The summed E-state index contributed by atoms with van der Waals surface area (Å²) in [6.45, 7) is 0. The first kappa shape index (κ1) is 7.47. The van der Waals surface area contributed by atoms with Gasteiger partial charge < -0.3 is 5.73 Å². The van der Waals surface area contributed by atoms with Crippen LogP contribution in [0, 0.1) is 5.41 Å². The highest BCUT2D eigenvalue weighted by molar-refractivity contribution is 6.01. The Hall–Kier alpha value is -1.64. The van der Waals surface area contributed by atoms with Crippen molar-refractivity contribution >= 4 is 12.1 Å². The number of nitrogen functional groups attached to an aromatic ring is 1. The van der Waals surface area contributed by atoms with E-state index in [9.17, 15) is 4.79 Å². The lowest BCUT2D eigenvalue weighted by Gasteiger charge is -1.98. The minimum atomic E-state index is -0.107. The van der Waals surface area contributed by atoms with E-state index in [-0.39, 0.29) is 5.84 Å². The van der Waals surface area contributed by atoms with E-state index in [1.165, 1.54) is 0 Å². The minimum Gasteiger partial charge on any atom is -0.384 e. The van der Waals surface area contributed by atoms with E-state index in [2.05, 4.69) is 0 Å². The second kappa shape index (κ2) is 2.96. The minimum absolute atomic E-state index is 0.107. The Labute approximate surface area is 64.3 Å². The first-order chi connectivity index (χ1) is 5.25. The summed E-state index contributed by atoms with van der Waals surface area (Å²) in [5, 5.41) is 7.08. The number of rotatable bonds is 2. The molecule has 0 heterocycles. The van der Waals surface area contributed by atoms with E-state index < -0.39 is 0 Å². The van der Waals surface area contributed by atoms with Crippen molar-refractivity contribution in [2.45, 2.75) is 0 Å². The van der Waals surface area contributed by atoms with Crippen LogP contribution < -0.4 is 5.73 Å². The lowest BCUT2D eigenvalue weighted by molar-refractivity contribution is 0.562. The van der Waals surface area contributed by atoms with Crippen LogP contribution in [0.3, 0.4) is 0 Å². The van der Waals surface area contributed by atoms with Crippen molar-refractivity contribution in [1.29, 1.82) is 5.41 Å². The molecule has 0 amide bonds. The quantitative estimate of drug-likeness (QED) is 0.470. The van der Waals surface area contributed by atoms with Crippen molar-refractivity contribution < 1.29 is 4.79 Å². The third-order valence-corrected chi connectivity index (χ3v) is 1.33. The Morgan fingerprint density at radius 2 is 2.09 bits per heavy atom. The molecule has 0 spiro atoms. The smallest absolute Gasteiger partial charge is 0.234 e. The summed E-state index contributed by atoms with van der Waals surface area (Å²) >= 11 is 0. The third kappa shape index (κ3) is 1.43. The molecule has 3 N–H and O–H groups in total. The molecule has 0 aliphatic rings. The fraction of sp³-hybridized carbons (Fsp3) is 0. The summed E-state index contributed by atoms with van der Waals surface area (Å²) in [5.41, 5.74) is 5.96. The molecule has 1 aromatic carbocycles. The van der Waals surface area contributed by atoms with Crippen LogP contribution >= 0.6 is 0 Å². The number of carbonyl (C=O) groups excluding carboxylic acids is 1. The van der Waals surface area contributed by atoms with E-state index in [1.54, 1.807) is 30.6 Å². The van der Waals surface area contributed by atoms with Crippen molar-refractivity contribution in [2.24, 2.45) is 5.73 Å². The number of nitrogens with one attached hydrogen (secondary N) is 1. The molecule has 3 heteroatoms. The fourth-order valence-electron chi connectivity index (χ4n) is 0.807. The van der Waals surface area contributed by atoms with Gasteiger partial charge in [0.15, 0.2) is 0 Å². The second-order valence-corrected chi connectivity index (χ2v) is 2.06. The number of hydrogen-bond acceptors (Lipinski definition) is 2. The summed E-state index contributed by atoms with van der Waals surface area (Å²) in [6, 6.07) is 6.61. The topological polar surface area (TPSA) is 66.9 Å². The van der Waals surface area contributed by atoms with Crippen LogP contribution in [0.2, 0.25) is 0 Å². The van der Waals surface area contributed by atoms with Gasteiger partial charge in [-0.15, -0.1) is 0 Å². The Morgan fingerprint density at radius 1 is 1.45 bits per heavy atom. The lowest BCUT2D eigenvalue weighted by Crippen LogP contribution is -2.13. The predicted molar refractivity (Wildman–Crippen MR) is 42.3 cm³/mol. The van der Waals surface area contributed by atoms with E-state index in [0.29, 0.717) is 11.1 Å². The number of amidine groups is 1. The molecule has 0 atom stereocenters. The van der Waals surface area contributed by atoms with Gasteiger partial charge >= 0.3 is 0 Å². The Balaban J connectivity index is 3.22. The maximum atomic E-state index is 10.3. The molecule has 1 rings (SSSR count). The highest BCUT2D eigenvalue weighted by atomic mass is 16.1. The Bertz CT molecular complexity index is 294. The van der Waals surface area contributed by atoms with E-state index in [1.807, 2.05) is 0 Å². The van der Waals surface area contributed by atoms with E-state index >= 15 is 0 Å². The molecule has 0 bridgehead atoms. The van der Waals surface area contributed by atoms with Crippen LogP contribution in [0.1, 0.15) is 11.1 Å². The monoisotopic (exact) mass is 147 g/mol. The van der Waals surface area contributed by atoms with Gasteiger partial charge in [-0.2, -0.15) is 0 Å². The molecule has 0 saturated carbocycles. The van der Waals surface area contributed by atoms with Gasteiger partial charge in [-0.1, -0.05) is 24.3 Å². The van der Waals surface area contributed by atoms with Crippen LogP contribution in [0.4, 0.5) is 0 Å². The van der Waals surface area contributed by atoms with E-state index in [4.69, 9.17) is 11.1 Å². The van der Waals surface area contributed by atoms with E-state index in [0.717, 1.165) is 0 Å².